The topological polar surface area (TPSA) is 88.6 Å². The van der Waals surface area contributed by atoms with Crippen molar-refractivity contribution in [2.45, 2.75) is 18.4 Å². The Balaban J connectivity index is 2.61. The number of ether oxygens (including phenoxy) is 2. The molecule has 0 aliphatic carbocycles. The molecule has 96 valence electrons. The highest BCUT2D eigenvalue weighted by Crippen LogP contribution is 2.18. The molecule has 1 fully saturated rings. The van der Waals surface area contributed by atoms with Crippen LogP contribution in [0.4, 0.5) is 0 Å². The van der Waals surface area contributed by atoms with Gasteiger partial charge in [0.1, 0.15) is 5.54 Å². The third kappa shape index (κ3) is 3.66. The standard InChI is InChI=1S/C11H19N3O3/c1-16-8-6-14(5-2-4-12)10(15)11(13)3-7-17-9-11/h2-3,5-9,13H2,1H3. The molecule has 1 amide bonds. The normalized spacial score (nSPS) is 23.4. The van der Waals surface area contributed by atoms with Crippen LogP contribution in [0.3, 0.4) is 0 Å². The maximum absolute atomic E-state index is 12.2. The van der Waals surface area contributed by atoms with Gasteiger partial charge in [-0.25, -0.2) is 0 Å². The van der Waals surface area contributed by atoms with Crippen molar-refractivity contribution in [2.75, 3.05) is 40.0 Å². The lowest BCUT2D eigenvalue weighted by atomic mass is 9.98. The lowest BCUT2D eigenvalue weighted by Gasteiger charge is -2.29. The molecule has 0 aromatic carbocycles. The second kappa shape index (κ2) is 6.55. The van der Waals surface area contributed by atoms with E-state index < -0.39 is 5.54 Å². The largest absolute Gasteiger partial charge is 0.383 e. The average Bonchev–Trinajstić information content (AvgIpc) is 2.77. The van der Waals surface area contributed by atoms with E-state index in [-0.39, 0.29) is 12.5 Å². The van der Waals surface area contributed by atoms with Crippen LogP contribution >= 0.6 is 0 Å². The molecule has 0 bridgehead atoms. The zero-order valence-electron chi connectivity index (χ0n) is 10.1. The van der Waals surface area contributed by atoms with Gasteiger partial charge in [-0.2, -0.15) is 5.26 Å². The van der Waals surface area contributed by atoms with E-state index in [2.05, 4.69) is 0 Å². The molecule has 0 radical (unpaired) electrons. The molecule has 6 heteroatoms. The minimum Gasteiger partial charge on any atom is -0.383 e. The average molecular weight is 241 g/mol. The summed E-state index contributed by atoms with van der Waals surface area (Å²) in [4.78, 5) is 13.8. The number of hydrogen-bond donors (Lipinski definition) is 1. The van der Waals surface area contributed by atoms with Crippen LogP contribution in [0.5, 0.6) is 0 Å². The van der Waals surface area contributed by atoms with Crippen LogP contribution in [0, 0.1) is 11.3 Å². The highest BCUT2D eigenvalue weighted by Gasteiger charge is 2.40. The molecule has 1 aliphatic rings. The summed E-state index contributed by atoms with van der Waals surface area (Å²) in [5.41, 5.74) is 5.08. The van der Waals surface area contributed by atoms with Gasteiger partial charge >= 0.3 is 0 Å². The van der Waals surface area contributed by atoms with Crippen LogP contribution in [-0.4, -0.2) is 56.4 Å². The van der Waals surface area contributed by atoms with Gasteiger partial charge in [-0.15, -0.1) is 0 Å². The van der Waals surface area contributed by atoms with E-state index in [1.807, 2.05) is 6.07 Å². The molecule has 2 N–H and O–H groups in total. The number of nitriles is 1. The van der Waals surface area contributed by atoms with E-state index >= 15 is 0 Å². The van der Waals surface area contributed by atoms with Crippen LogP contribution in [0.2, 0.25) is 0 Å². The fourth-order valence-electron chi connectivity index (χ4n) is 1.77. The molecular weight excluding hydrogens is 222 g/mol. The van der Waals surface area contributed by atoms with Crippen molar-refractivity contribution in [3.05, 3.63) is 0 Å². The van der Waals surface area contributed by atoms with Crippen molar-refractivity contribution in [1.82, 2.24) is 4.90 Å². The number of nitrogens with two attached hydrogens (primary N) is 1. The highest BCUT2D eigenvalue weighted by molar-refractivity contribution is 5.86. The quantitative estimate of drug-likeness (QED) is 0.676. The van der Waals surface area contributed by atoms with Gasteiger partial charge < -0.3 is 20.1 Å². The summed E-state index contributed by atoms with van der Waals surface area (Å²) in [6.45, 7) is 2.04. The van der Waals surface area contributed by atoms with Gasteiger partial charge in [0, 0.05) is 26.8 Å². The molecule has 6 nitrogen and oxygen atoms in total. The number of methoxy groups -OCH3 is 1. The second-order valence-electron chi connectivity index (χ2n) is 4.15. The van der Waals surface area contributed by atoms with Gasteiger partial charge in [0.15, 0.2) is 0 Å². The van der Waals surface area contributed by atoms with Crippen molar-refractivity contribution in [2.24, 2.45) is 5.73 Å². The summed E-state index contributed by atoms with van der Waals surface area (Å²) in [6, 6.07) is 2.03. The van der Waals surface area contributed by atoms with Crippen LogP contribution in [0.25, 0.3) is 0 Å². The predicted molar refractivity (Wildman–Crippen MR) is 61.0 cm³/mol. The number of rotatable bonds is 6. The summed E-state index contributed by atoms with van der Waals surface area (Å²) in [7, 11) is 1.57. The van der Waals surface area contributed by atoms with Crippen molar-refractivity contribution in [3.8, 4) is 6.07 Å². The van der Waals surface area contributed by atoms with E-state index in [1.165, 1.54) is 0 Å². The number of nitrogens with zero attached hydrogens (tertiary/aromatic N) is 2. The molecular formula is C11H19N3O3. The van der Waals surface area contributed by atoms with E-state index in [9.17, 15) is 4.79 Å². The van der Waals surface area contributed by atoms with E-state index in [4.69, 9.17) is 20.5 Å². The van der Waals surface area contributed by atoms with Crippen LogP contribution in [0.1, 0.15) is 12.8 Å². The minimum absolute atomic E-state index is 0.151. The summed E-state index contributed by atoms with van der Waals surface area (Å²) < 4.78 is 10.1. The molecule has 1 rings (SSSR count). The Hall–Kier alpha value is -1.16. The molecule has 1 heterocycles. The number of carbonyl (C=O) groups is 1. The Labute approximate surface area is 101 Å². The maximum Gasteiger partial charge on any atom is 0.245 e. The van der Waals surface area contributed by atoms with Crippen molar-refractivity contribution in [3.63, 3.8) is 0 Å². The molecule has 1 aliphatic heterocycles. The third-order valence-corrected chi connectivity index (χ3v) is 2.82. The lowest BCUT2D eigenvalue weighted by Crippen LogP contribution is -2.56. The van der Waals surface area contributed by atoms with Crippen LogP contribution < -0.4 is 5.73 Å². The SMILES string of the molecule is COCCN(CCC#N)C(=O)C1(N)CCOC1. The number of amides is 1. The Morgan fingerprint density at radius 3 is 2.94 bits per heavy atom. The van der Waals surface area contributed by atoms with Gasteiger partial charge in [0.2, 0.25) is 5.91 Å². The molecule has 0 aromatic rings. The third-order valence-electron chi connectivity index (χ3n) is 2.82. The molecule has 0 aromatic heterocycles. The first kappa shape index (κ1) is 13.9. The fraction of sp³-hybridized carbons (Fsp3) is 0.818. The molecule has 0 spiro atoms. The smallest absolute Gasteiger partial charge is 0.245 e. The van der Waals surface area contributed by atoms with Crippen LogP contribution in [0.15, 0.2) is 0 Å². The summed E-state index contributed by atoms with van der Waals surface area (Å²) >= 11 is 0. The van der Waals surface area contributed by atoms with Gasteiger partial charge in [0.25, 0.3) is 0 Å². The van der Waals surface area contributed by atoms with Crippen LogP contribution in [-0.2, 0) is 14.3 Å². The molecule has 0 saturated carbocycles. The van der Waals surface area contributed by atoms with Gasteiger partial charge in [-0.1, -0.05) is 0 Å². The van der Waals surface area contributed by atoms with Crippen molar-refractivity contribution in [1.29, 1.82) is 5.26 Å². The Kier molecular flexibility index (Phi) is 5.35. The first-order valence-electron chi connectivity index (χ1n) is 5.66. The molecule has 1 saturated heterocycles. The second-order valence-corrected chi connectivity index (χ2v) is 4.15. The lowest BCUT2D eigenvalue weighted by molar-refractivity contribution is -0.137. The minimum atomic E-state index is -0.927. The Bertz CT molecular complexity index is 295. The fourth-order valence-corrected chi connectivity index (χ4v) is 1.77. The summed E-state index contributed by atoms with van der Waals surface area (Å²) in [6.07, 6.45) is 0.828. The zero-order chi connectivity index (χ0) is 12.7. The highest BCUT2D eigenvalue weighted by atomic mass is 16.5. The van der Waals surface area contributed by atoms with Gasteiger partial charge in [0.05, 0.1) is 25.7 Å². The number of carbonyl (C=O) groups excluding carboxylic acids is 1. The first-order valence-corrected chi connectivity index (χ1v) is 5.66. The zero-order valence-corrected chi connectivity index (χ0v) is 10.1. The maximum atomic E-state index is 12.2. The van der Waals surface area contributed by atoms with E-state index in [1.54, 1.807) is 12.0 Å². The van der Waals surface area contributed by atoms with E-state index in [0.29, 0.717) is 39.1 Å². The number of hydrogen-bond acceptors (Lipinski definition) is 5. The molecule has 1 atom stereocenters. The molecule has 1 unspecified atom stereocenters. The predicted octanol–water partition coefficient (Wildman–Crippen LogP) is -0.507. The Morgan fingerprint density at radius 1 is 1.65 bits per heavy atom. The first-order chi connectivity index (χ1) is 8.14. The van der Waals surface area contributed by atoms with Crippen molar-refractivity contribution < 1.29 is 14.3 Å². The molecule has 17 heavy (non-hydrogen) atoms. The van der Waals surface area contributed by atoms with Gasteiger partial charge in [-0.3, -0.25) is 4.79 Å². The summed E-state index contributed by atoms with van der Waals surface area (Å²) in [5.74, 6) is -0.151. The van der Waals surface area contributed by atoms with Crippen molar-refractivity contribution >= 4 is 5.91 Å². The Morgan fingerprint density at radius 2 is 2.41 bits per heavy atom. The summed E-state index contributed by atoms with van der Waals surface area (Å²) in [5, 5.41) is 8.58. The van der Waals surface area contributed by atoms with Gasteiger partial charge in [-0.05, 0) is 6.42 Å². The van der Waals surface area contributed by atoms with E-state index in [0.717, 1.165) is 0 Å². The monoisotopic (exact) mass is 241 g/mol.